The van der Waals surface area contributed by atoms with Gasteiger partial charge >= 0.3 is 0 Å². The third-order valence-corrected chi connectivity index (χ3v) is 5.44. The van der Waals surface area contributed by atoms with Crippen molar-refractivity contribution >= 4 is 22.4 Å². The second-order valence-corrected chi connectivity index (χ2v) is 7.49. The molecule has 1 amide bonds. The van der Waals surface area contributed by atoms with Crippen molar-refractivity contribution in [1.82, 2.24) is 4.90 Å². The van der Waals surface area contributed by atoms with Crippen LogP contribution in [0.25, 0.3) is 10.8 Å². The van der Waals surface area contributed by atoms with E-state index in [0.717, 1.165) is 52.6 Å². The summed E-state index contributed by atoms with van der Waals surface area (Å²) in [6.07, 6.45) is 2.67. The van der Waals surface area contributed by atoms with Gasteiger partial charge in [-0.15, -0.1) is 0 Å². The summed E-state index contributed by atoms with van der Waals surface area (Å²) >= 11 is 0. The molecule has 1 atom stereocenters. The highest BCUT2D eigenvalue weighted by atomic mass is 16.5. The molecule has 0 fully saturated rings. The molecule has 0 aromatic heterocycles. The number of para-hydroxylation sites is 1. The third kappa shape index (κ3) is 3.67. The van der Waals surface area contributed by atoms with Crippen LogP contribution in [-0.4, -0.2) is 24.0 Å². The van der Waals surface area contributed by atoms with Gasteiger partial charge in [-0.05, 0) is 41.8 Å². The summed E-state index contributed by atoms with van der Waals surface area (Å²) in [5.74, 6) is 0.920. The average molecular weight is 389 g/mol. The first kappa shape index (κ1) is 19.3. The number of fused-ring (bicyclic) bond motifs is 2. The van der Waals surface area contributed by atoms with Crippen molar-refractivity contribution in [2.24, 2.45) is 0 Å². The van der Waals surface area contributed by atoms with E-state index in [1.807, 2.05) is 47.4 Å². The van der Waals surface area contributed by atoms with E-state index in [-0.39, 0.29) is 12.1 Å². The molecule has 4 heteroatoms. The largest absolute Gasteiger partial charge is 0.493 e. The molecule has 0 saturated carbocycles. The second-order valence-electron chi connectivity index (χ2n) is 7.49. The Morgan fingerprint density at radius 2 is 1.76 bits per heavy atom. The Morgan fingerprint density at radius 3 is 2.59 bits per heavy atom. The summed E-state index contributed by atoms with van der Waals surface area (Å²) in [6.45, 7) is 5.61. The number of rotatable bonds is 7. The van der Waals surface area contributed by atoms with E-state index in [1.165, 1.54) is 0 Å². The zero-order chi connectivity index (χ0) is 20.2. The van der Waals surface area contributed by atoms with Gasteiger partial charge in [-0.3, -0.25) is 4.79 Å². The maximum atomic E-state index is 13.4. The zero-order valence-corrected chi connectivity index (χ0v) is 17.2. The molecule has 4 rings (SSSR count). The lowest BCUT2D eigenvalue weighted by Gasteiger charge is -2.39. The molecule has 1 aliphatic heterocycles. The number of nitrogens with zero attached hydrogens (tertiary/aromatic N) is 1. The van der Waals surface area contributed by atoms with Crippen LogP contribution in [0.3, 0.4) is 0 Å². The van der Waals surface area contributed by atoms with Gasteiger partial charge in [-0.1, -0.05) is 62.7 Å². The SMILES string of the molecule is CCCCN1C(=O)c2ccccc2NC1c1c(OCCC)ccc2ccccc12. The van der Waals surface area contributed by atoms with Crippen LogP contribution in [0.2, 0.25) is 0 Å². The van der Waals surface area contributed by atoms with Crippen LogP contribution in [-0.2, 0) is 0 Å². The standard InChI is InChI=1S/C25H28N2O2/c1-3-5-16-27-24(26-21-13-9-8-12-20(21)25(27)28)23-19-11-7-6-10-18(19)14-15-22(23)29-17-4-2/h6-15,24,26H,3-5,16-17H2,1-2H3. The third-order valence-electron chi connectivity index (χ3n) is 5.44. The summed E-state index contributed by atoms with van der Waals surface area (Å²) in [5, 5.41) is 5.90. The van der Waals surface area contributed by atoms with Crippen molar-refractivity contribution in [3.63, 3.8) is 0 Å². The van der Waals surface area contributed by atoms with Crippen LogP contribution in [0, 0.1) is 0 Å². The monoisotopic (exact) mass is 388 g/mol. The Morgan fingerprint density at radius 1 is 0.966 bits per heavy atom. The summed E-state index contributed by atoms with van der Waals surface area (Å²) in [5.41, 5.74) is 2.65. The van der Waals surface area contributed by atoms with Crippen LogP contribution < -0.4 is 10.1 Å². The molecule has 29 heavy (non-hydrogen) atoms. The Kier molecular flexibility index (Phi) is 5.70. The van der Waals surface area contributed by atoms with Crippen molar-refractivity contribution in [2.75, 3.05) is 18.5 Å². The van der Waals surface area contributed by atoms with Crippen molar-refractivity contribution in [3.8, 4) is 5.75 Å². The number of nitrogens with one attached hydrogen (secondary N) is 1. The van der Waals surface area contributed by atoms with Gasteiger partial charge in [0.15, 0.2) is 0 Å². The number of hydrogen-bond acceptors (Lipinski definition) is 3. The first-order valence-electron chi connectivity index (χ1n) is 10.6. The van der Waals surface area contributed by atoms with E-state index in [1.54, 1.807) is 0 Å². The smallest absolute Gasteiger partial charge is 0.257 e. The maximum absolute atomic E-state index is 13.4. The number of hydrogen-bond donors (Lipinski definition) is 1. The van der Waals surface area contributed by atoms with Gasteiger partial charge in [0.2, 0.25) is 0 Å². The fraction of sp³-hybridized carbons (Fsp3) is 0.320. The molecule has 0 spiro atoms. The molecular weight excluding hydrogens is 360 g/mol. The van der Waals surface area contributed by atoms with Crippen molar-refractivity contribution in [1.29, 1.82) is 0 Å². The highest BCUT2D eigenvalue weighted by molar-refractivity contribution is 6.02. The van der Waals surface area contributed by atoms with Gasteiger partial charge in [0.1, 0.15) is 11.9 Å². The Balaban J connectivity index is 1.88. The number of carbonyl (C=O) groups excluding carboxylic acids is 1. The molecule has 1 heterocycles. The molecular formula is C25H28N2O2. The summed E-state index contributed by atoms with van der Waals surface area (Å²) < 4.78 is 6.15. The summed E-state index contributed by atoms with van der Waals surface area (Å²) in [6, 6.07) is 20.2. The first-order valence-corrected chi connectivity index (χ1v) is 10.6. The van der Waals surface area contributed by atoms with Gasteiger partial charge in [0, 0.05) is 17.8 Å². The molecule has 1 aliphatic rings. The van der Waals surface area contributed by atoms with Crippen LogP contribution >= 0.6 is 0 Å². The molecule has 0 bridgehead atoms. The quantitative estimate of drug-likeness (QED) is 0.540. The number of amides is 1. The molecule has 0 radical (unpaired) electrons. The topological polar surface area (TPSA) is 41.6 Å². The lowest BCUT2D eigenvalue weighted by atomic mass is 9.97. The van der Waals surface area contributed by atoms with Gasteiger partial charge in [-0.25, -0.2) is 0 Å². The predicted molar refractivity (Wildman–Crippen MR) is 118 cm³/mol. The second kappa shape index (κ2) is 8.56. The van der Waals surface area contributed by atoms with Gasteiger partial charge in [-0.2, -0.15) is 0 Å². The Hall–Kier alpha value is -3.01. The van der Waals surface area contributed by atoms with Crippen molar-refractivity contribution < 1.29 is 9.53 Å². The fourth-order valence-corrected chi connectivity index (χ4v) is 3.98. The van der Waals surface area contributed by atoms with Gasteiger partial charge in [0.25, 0.3) is 5.91 Å². The molecule has 150 valence electrons. The van der Waals surface area contributed by atoms with E-state index in [2.05, 4.69) is 37.4 Å². The summed E-state index contributed by atoms with van der Waals surface area (Å²) in [7, 11) is 0. The molecule has 1 unspecified atom stereocenters. The number of anilines is 1. The highest BCUT2D eigenvalue weighted by Gasteiger charge is 2.34. The number of benzene rings is 3. The first-order chi connectivity index (χ1) is 14.2. The molecule has 4 nitrogen and oxygen atoms in total. The van der Waals surface area contributed by atoms with Crippen LogP contribution in [0.15, 0.2) is 60.7 Å². The van der Waals surface area contributed by atoms with Crippen LogP contribution in [0.1, 0.15) is 55.2 Å². The number of carbonyl (C=O) groups is 1. The fourth-order valence-electron chi connectivity index (χ4n) is 3.98. The minimum atomic E-state index is -0.262. The normalized spacial score (nSPS) is 15.9. The van der Waals surface area contributed by atoms with E-state index in [4.69, 9.17) is 4.74 Å². The molecule has 3 aromatic rings. The van der Waals surface area contributed by atoms with E-state index in [0.29, 0.717) is 13.2 Å². The van der Waals surface area contributed by atoms with Crippen LogP contribution in [0.4, 0.5) is 5.69 Å². The Labute approximate surface area is 172 Å². The zero-order valence-electron chi connectivity index (χ0n) is 17.2. The Bertz CT molecular complexity index is 1010. The predicted octanol–water partition coefficient (Wildman–Crippen LogP) is 6.00. The van der Waals surface area contributed by atoms with Gasteiger partial charge in [0.05, 0.1) is 12.2 Å². The minimum absolute atomic E-state index is 0.0761. The van der Waals surface area contributed by atoms with Crippen molar-refractivity contribution in [2.45, 2.75) is 39.3 Å². The summed E-state index contributed by atoms with van der Waals surface area (Å²) in [4.78, 5) is 15.4. The van der Waals surface area contributed by atoms with Crippen LogP contribution in [0.5, 0.6) is 5.75 Å². The van der Waals surface area contributed by atoms with E-state index < -0.39 is 0 Å². The van der Waals surface area contributed by atoms with E-state index in [9.17, 15) is 4.79 Å². The molecule has 0 aliphatic carbocycles. The van der Waals surface area contributed by atoms with Gasteiger partial charge < -0.3 is 15.0 Å². The minimum Gasteiger partial charge on any atom is -0.493 e. The number of ether oxygens (including phenoxy) is 1. The maximum Gasteiger partial charge on any atom is 0.257 e. The molecule has 1 N–H and O–H groups in total. The van der Waals surface area contributed by atoms with E-state index >= 15 is 0 Å². The molecule has 3 aromatic carbocycles. The van der Waals surface area contributed by atoms with Crippen molar-refractivity contribution in [3.05, 3.63) is 71.8 Å². The lowest BCUT2D eigenvalue weighted by molar-refractivity contribution is 0.0679. The number of unbranched alkanes of at least 4 members (excludes halogenated alkanes) is 1. The lowest BCUT2D eigenvalue weighted by Crippen LogP contribution is -2.43. The highest BCUT2D eigenvalue weighted by Crippen LogP contribution is 2.40. The average Bonchev–Trinajstić information content (AvgIpc) is 2.76. The molecule has 0 saturated heterocycles.